The van der Waals surface area contributed by atoms with Crippen molar-refractivity contribution in [3.8, 4) is 0 Å². The minimum absolute atomic E-state index is 0.0547. The fraction of sp³-hybridized carbons (Fsp3) is 0.381. The Hall–Kier alpha value is -1.84. The molecule has 5 rings (SSSR count). The van der Waals surface area contributed by atoms with E-state index in [9.17, 15) is 4.79 Å². The van der Waals surface area contributed by atoms with Gasteiger partial charge in [-0.2, -0.15) is 0 Å². The molecule has 0 aromatic heterocycles. The Morgan fingerprint density at radius 1 is 1.00 bits per heavy atom. The van der Waals surface area contributed by atoms with Crippen LogP contribution >= 0.6 is 11.6 Å². The summed E-state index contributed by atoms with van der Waals surface area (Å²) in [6.45, 7) is 0. The van der Waals surface area contributed by atoms with Crippen LogP contribution < -0.4 is 5.06 Å². The van der Waals surface area contributed by atoms with E-state index < -0.39 is 0 Å². The van der Waals surface area contributed by atoms with Gasteiger partial charge >= 0.3 is 0 Å². The number of carbonyl (C=O) groups is 1. The highest BCUT2D eigenvalue weighted by molar-refractivity contribution is 6.21. The summed E-state index contributed by atoms with van der Waals surface area (Å²) < 4.78 is 0. The van der Waals surface area contributed by atoms with Gasteiger partial charge in [-0.1, -0.05) is 48.5 Å². The molecule has 2 saturated carbocycles. The lowest BCUT2D eigenvalue weighted by molar-refractivity contribution is 0.0371. The Morgan fingerprint density at radius 2 is 1.68 bits per heavy atom. The van der Waals surface area contributed by atoms with E-state index in [4.69, 9.17) is 16.4 Å². The van der Waals surface area contributed by atoms with E-state index in [-0.39, 0.29) is 29.2 Å². The molecule has 0 radical (unpaired) electrons. The number of fused-ring (bicyclic) bond motifs is 5. The number of hydrogen-bond acceptors (Lipinski definition) is 3. The minimum atomic E-state index is -0.269. The zero-order valence-corrected chi connectivity index (χ0v) is 14.5. The second-order valence-corrected chi connectivity index (χ2v) is 7.96. The molecule has 4 heteroatoms. The smallest absolute Gasteiger partial charge is 0.188 e. The van der Waals surface area contributed by atoms with Gasteiger partial charge in [0.1, 0.15) is 6.04 Å². The standard InChI is InChI=1S/C21H20ClNO2/c22-17-12-14-11-16(17)21-18(14)19(20(24)13-7-3-1-4-8-13)23(25-21)15-9-5-2-6-10-15/h1-10,14,16-19,21H,11-12H2/t14-,16-,17+,18-,19-,21-/m0/s1. The van der Waals surface area contributed by atoms with Crippen LogP contribution in [0.15, 0.2) is 60.7 Å². The first-order valence-corrected chi connectivity index (χ1v) is 9.42. The normalized spacial score (nSPS) is 35.8. The van der Waals surface area contributed by atoms with Crippen molar-refractivity contribution >= 4 is 23.1 Å². The molecule has 1 saturated heterocycles. The lowest BCUT2D eigenvalue weighted by Gasteiger charge is -2.28. The average molecular weight is 354 g/mol. The number of nitrogens with zero attached hydrogens (tertiary/aromatic N) is 1. The summed E-state index contributed by atoms with van der Waals surface area (Å²) in [5.74, 6) is 1.21. The Kier molecular flexibility index (Phi) is 3.61. The summed E-state index contributed by atoms with van der Waals surface area (Å²) in [7, 11) is 0. The number of carbonyl (C=O) groups excluding carboxylic acids is 1. The minimum Gasteiger partial charge on any atom is -0.292 e. The molecule has 25 heavy (non-hydrogen) atoms. The fourth-order valence-electron chi connectivity index (χ4n) is 5.06. The highest BCUT2D eigenvalue weighted by Crippen LogP contribution is 2.57. The Balaban J connectivity index is 1.56. The molecule has 128 valence electrons. The first-order chi connectivity index (χ1) is 12.2. The summed E-state index contributed by atoms with van der Waals surface area (Å²) in [4.78, 5) is 19.7. The van der Waals surface area contributed by atoms with Gasteiger partial charge in [0.2, 0.25) is 0 Å². The van der Waals surface area contributed by atoms with Gasteiger partial charge in [-0.3, -0.25) is 9.63 Å². The van der Waals surface area contributed by atoms with Gasteiger partial charge < -0.3 is 0 Å². The van der Waals surface area contributed by atoms with Gasteiger partial charge in [-0.25, -0.2) is 5.06 Å². The molecule has 2 bridgehead atoms. The van der Waals surface area contributed by atoms with Crippen LogP contribution in [0.25, 0.3) is 0 Å². The molecular weight excluding hydrogens is 334 g/mol. The number of hydrogen-bond donors (Lipinski definition) is 0. The van der Waals surface area contributed by atoms with Crippen molar-refractivity contribution < 1.29 is 9.63 Å². The number of benzene rings is 2. The van der Waals surface area contributed by atoms with Gasteiger partial charge in [-0.05, 0) is 30.9 Å². The molecule has 3 fully saturated rings. The lowest BCUT2D eigenvalue weighted by Crippen LogP contribution is -2.42. The number of ketones is 1. The quantitative estimate of drug-likeness (QED) is 0.608. The van der Waals surface area contributed by atoms with Crippen molar-refractivity contribution in [2.45, 2.75) is 30.4 Å². The van der Waals surface area contributed by atoms with Crippen LogP contribution in [0, 0.1) is 17.8 Å². The zero-order chi connectivity index (χ0) is 17.0. The number of anilines is 1. The van der Waals surface area contributed by atoms with Crippen molar-refractivity contribution in [1.29, 1.82) is 0 Å². The molecule has 2 aromatic carbocycles. The average Bonchev–Trinajstić information content (AvgIpc) is 3.32. The maximum Gasteiger partial charge on any atom is 0.188 e. The van der Waals surface area contributed by atoms with Crippen molar-refractivity contribution in [2.24, 2.45) is 17.8 Å². The van der Waals surface area contributed by atoms with E-state index in [1.54, 1.807) is 0 Å². The second kappa shape index (κ2) is 5.86. The lowest BCUT2D eigenvalue weighted by atomic mass is 9.79. The fourth-order valence-corrected chi connectivity index (χ4v) is 5.53. The summed E-state index contributed by atoms with van der Waals surface area (Å²) in [5.41, 5.74) is 1.69. The molecule has 2 aromatic rings. The highest BCUT2D eigenvalue weighted by atomic mass is 35.5. The Morgan fingerprint density at radius 3 is 2.40 bits per heavy atom. The molecule has 0 unspecified atom stereocenters. The van der Waals surface area contributed by atoms with E-state index in [0.29, 0.717) is 11.8 Å². The molecular formula is C21H20ClNO2. The summed E-state index contributed by atoms with van der Waals surface area (Å²) in [6, 6.07) is 19.3. The molecule has 2 aliphatic carbocycles. The van der Waals surface area contributed by atoms with Crippen LogP contribution in [-0.4, -0.2) is 23.3 Å². The number of Topliss-reactive ketones (excluding diaryl/α,β-unsaturated/α-hetero) is 1. The third kappa shape index (κ3) is 2.33. The van der Waals surface area contributed by atoms with E-state index >= 15 is 0 Å². The molecule has 1 heterocycles. The van der Waals surface area contributed by atoms with Crippen LogP contribution in [0.4, 0.5) is 5.69 Å². The predicted octanol–water partition coefficient (Wildman–Crippen LogP) is 4.32. The topological polar surface area (TPSA) is 29.5 Å². The largest absolute Gasteiger partial charge is 0.292 e. The van der Waals surface area contributed by atoms with Crippen LogP contribution in [0.1, 0.15) is 23.2 Å². The number of rotatable bonds is 3. The van der Waals surface area contributed by atoms with Crippen LogP contribution in [-0.2, 0) is 4.84 Å². The monoisotopic (exact) mass is 353 g/mol. The molecule has 3 nitrogen and oxygen atoms in total. The Bertz CT molecular complexity index is 781. The zero-order valence-electron chi connectivity index (χ0n) is 13.8. The van der Waals surface area contributed by atoms with E-state index in [1.807, 2.05) is 65.7 Å². The van der Waals surface area contributed by atoms with Crippen molar-refractivity contribution in [3.63, 3.8) is 0 Å². The van der Waals surface area contributed by atoms with Gasteiger partial charge in [-0.15, -0.1) is 11.6 Å². The predicted molar refractivity (Wildman–Crippen MR) is 97.7 cm³/mol. The summed E-state index contributed by atoms with van der Waals surface area (Å²) in [6.07, 6.45) is 2.14. The summed E-state index contributed by atoms with van der Waals surface area (Å²) in [5, 5.41) is 2.04. The first kappa shape index (κ1) is 15.4. The molecule has 1 aliphatic heterocycles. The molecule has 0 N–H and O–H groups in total. The van der Waals surface area contributed by atoms with E-state index in [1.165, 1.54) is 0 Å². The third-order valence-corrected chi connectivity index (χ3v) is 6.61. The summed E-state index contributed by atoms with van der Waals surface area (Å²) >= 11 is 6.53. The second-order valence-electron chi connectivity index (χ2n) is 7.40. The van der Waals surface area contributed by atoms with Crippen LogP contribution in [0.2, 0.25) is 0 Å². The third-order valence-electron chi connectivity index (χ3n) is 6.10. The van der Waals surface area contributed by atoms with Gasteiger partial charge in [0.15, 0.2) is 5.78 Å². The number of hydroxylamine groups is 1. The van der Waals surface area contributed by atoms with Gasteiger partial charge in [0.25, 0.3) is 0 Å². The maximum absolute atomic E-state index is 13.4. The molecule has 0 spiro atoms. The number of para-hydroxylation sites is 1. The maximum atomic E-state index is 13.4. The first-order valence-electron chi connectivity index (χ1n) is 8.98. The van der Waals surface area contributed by atoms with E-state index in [2.05, 4.69) is 0 Å². The van der Waals surface area contributed by atoms with Gasteiger partial charge in [0.05, 0.1) is 11.8 Å². The SMILES string of the molecule is O=C(c1ccccc1)[C@@H]1[C@@H]2[C@H]3C[C@H]([C@@H]2ON1c1ccccc1)[C@H](Cl)C3. The van der Waals surface area contributed by atoms with Crippen LogP contribution in [0.5, 0.6) is 0 Å². The molecule has 6 atom stereocenters. The molecule has 3 aliphatic rings. The van der Waals surface area contributed by atoms with Crippen LogP contribution in [0.3, 0.4) is 0 Å². The molecule has 0 amide bonds. The highest BCUT2D eigenvalue weighted by Gasteiger charge is 2.62. The van der Waals surface area contributed by atoms with E-state index in [0.717, 1.165) is 24.1 Å². The Labute approximate surface area is 152 Å². The number of alkyl halides is 1. The van der Waals surface area contributed by atoms with Crippen molar-refractivity contribution in [2.75, 3.05) is 5.06 Å². The van der Waals surface area contributed by atoms with Gasteiger partial charge in [0, 0.05) is 22.8 Å². The van der Waals surface area contributed by atoms with Crippen molar-refractivity contribution in [1.82, 2.24) is 0 Å². The van der Waals surface area contributed by atoms with Crippen molar-refractivity contribution in [3.05, 3.63) is 66.2 Å². The number of halogens is 1.